The minimum atomic E-state index is 0.694. The van der Waals surface area contributed by atoms with Crippen molar-refractivity contribution in [1.29, 1.82) is 0 Å². The predicted molar refractivity (Wildman–Crippen MR) is 41.4 cm³/mol. The average Bonchev–Trinajstić information content (AvgIpc) is 2.68. The quantitative estimate of drug-likeness (QED) is 0.544. The van der Waals surface area contributed by atoms with Gasteiger partial charge in [0.15, 0.2) is 0 Å². The zero-order chi connectivity index (χ0) is 6.91. The zero-order valence-electron chi connectivity index (χ0n) is 6.91. The molecule has 9 heavy (non-hydrogen) atoms. The molecule has 0 nitrogen and oxygen atoms in total. The third-order valence-electron chi connectivity index (χ3n) is 3.18. The minimum absolute atomic E-state index is 0.694. The lowest BCUT2D eigenvalue weighted by Gasteiger charge is -2.25. The van der Waals surface area contributed by atoms with Crippen LogP contribution in [0.15, 0.2) is 0 Å². The Morgan fingerprint density at radius 2 is 1.67 bits per heavy atom. The summed E-state index contributed by atoms with van der Waals surface area (Å²) in [6.07, 6.45) is 5.73. The Morgan fingerprint density at radius 3 is 1.78 bits per heavy atom. The summed E-state index contributed by atoms with van der Waals surface area (Å²) < 4.78 is 0. The molecule has 1 aliphatic rings. The lowest BCUT2D eigenvalue weighted by Crippen LogP contribution is -2.15. The van der Waals surface area contributed by atoms with E-state index < -0.39 is 0 Å². The maximum Gasteiger partial charge on any atom is -0.0303 e. The molecule has 0 heterocycles. The monoisotopic (exact) mass is 126 g/mol. The summed E-state index contributed by atoms with van der Waals surface area (Å²) in [5.41, 5.74) is 0.694. The first-order valence-corrected chi connectivity index (χ1v) is 4.23. The highest BCUT2D eigenvalue weighted by Gasteiger charge is 2.38. The van der Waals surface area contributed by atoms with Crippen LogP contribution in [0.25, 0.3) is 0 Å². The van der Waals surface area contributed by atoms with Crippen LogP contribution in [0.5, 0.6) is 0 Å². The van der Waals surface area contributed by atoms with Gasteiger partial charge < -0.3 is 0 Å². The lowest BCUT2D eigenvalue weighted by molar-refractivity contribution is 0.250. The minimum Gasteiger partial charge on any atom is -0.0649 e. The van der Waals surface area contributed by atoms with Crippen molar-refractivity contribution in [1.82, 2.24) is 0 Å². The van der Waals surface area contributed by atoms with Crippen LogP contribution in [0.2, 0.25) is 0 Å². The van der Waals surface area contributed by atoms with E-state index in [-0.39, 0.29) is 0 Å². The van der Waals surface area contributed by atoms with E-state index in [9.17, 15) is 0 Å². The largest absolute Gasteiger partial charge is 0.0649 e. The van der Waals surface area contributed by atoms with Crippen molar-refractivity contribution >= 4 is 0 Å². The van der Waals surface area contributed by atoms with Crippen molar-refractivity contribution in [3.05, 3.63) is 0 Å². The van der Waals surface area contributed by atoms with Gasteiger partial charge in [-0.1, -0.05) is 33.6 Å². The van der Waals surface area contributed by atoms with Gasteiger partial charge in [-0.15, -0.1) is 0 Å². The molecule has 1 aliphatic carbocycles. The van der Waals surface area contributed by atoms with Crippen molar-refractivity contribution in [2.75, 3.05) is 0 Å². The summed E-state index contributed by atoms with van der Waals surface area (Å²) in [5, 5.41) is 0. The zero-order valence-corrected chi connectivity index (χ0v) is 6.91. The van der Waals surface area contributed by atoms with Crippen LogP contribution in [0.3, 0.4) is 0 Å². The molecule has 0 amide bonds. The van der Waals surface area contributed by atoms with E-state index in [1.54, 1.807) is 0 Å². The fraction of sp³-hybridized carbons (Fsp3) is 1.00. The fourth-order valence-electron chi connectivity index (χ4n) is 1.61. The van der Waals surface area contributed by atoms with Crippen molar-refractivity contribution in [2.24, 2.45) is 11.3 Å². The molecule has 0 spiro atoms. The van der Waals surface area contributed by atoms with Gasteiger partial charge in [-0.2, -0.15) is 0 Å². The molecule has 0 bridgehead atoms. The van der Waals surface area contributed by atoms with Gasteiger partial charge in [0.1, 0.15) is 0 Å². The molecule has 0 aromatic rings. The molecule has 0 unspecified atom stereocenters. The van der Waals surface area contributed by atoms with Crippen LogP contribution in [0, 0.1) is 11.3 Å². The maximum absolute atomic E-state index is 2.44. The highest BCUT2D eigenvalue weighted by Crippen LogP contribution is 2.49. The average molecular weight is 126 g/mol. The molecule has 54 valence electrons. The highest BCUT2D eigenvalue weighted by molar-refractivity contribution is 4.88. The second-order valence-electron chi connectivity index (χ2n) is 3.64. The van der Waals surface area contributed by atoms with E-state index in [0.717, 1.165) is 5.92 Å². The van der Waals surface area contributed by atoms with Crippen LogP contribution >= 0.6 is 0 Å². The van der Waals surface area contributed by atoms with Gasteiger partial charge in [0.25, 0.3) is 0 Å². The van der Waals surface area contributed by atoms with Gasteiger partial charge in [-0.3, -0.25) is 0 Å². The van der Waals surface area contributed by atoms with Crippen molar-refractivity contribution in [2.45, 2.75) is 46.5 Å². The van der Waals surface area contributed by atoms with Crippen LogP contribution in [0.1, 0.15) is 46.5 Å². The second kappa shape index (κ2) is 2.32. The van der Waals surface area contributed by atoms with Gasteiger partial charge >= 0.3 is 0 Å². The van der Waals surface area contributed by atoms with Crippen LogP contribution in [0.4, 0.5) is 0 Å². The standard InChI is InChI=1S/C9H18/c1-4-9(3,5-2)8-6-7-8/h8H,4-7H2,1-3H3. The molecule has 0 radical (unpaired) electrons. The van der Waals surface area contributed by atoms with Gasteiger partial charge in [0, 0.05) is 0 Å². The molecule has 0 atom stereocenters. The van der Waals surface area contributed by atoms with Crippen molar-refractivity contribution in [3.8, 4) is 0 Å². The maximum atomic E-state index is 2.44. The molecular weight excluding hydrogens is 108 g/mol. The Balaban J connectivity index is 2.43. The SMILES string of the molecule is CCC(C)(CC)C1CC1. The van der Waals surface area contributed by atoms with Gasteiger partial charge in [-0.25, -0.2) is 0 Å². The van der Waals surface area contributed by atoms with Gasteiger partial charge in [0.2, 0.25) is 0 Å². The Hall–Kier alpha value is 0. The van der Waals surface area contributed by atoms with E-state index in [1.165, 1.54) is 25.7 Å². The van der Waals surface area contributed by atoms with Gasteiger partial charge in [-0.05, 0) is 24.2 Å². The highest BCUT2D eigenvalue weighted by atomic mass is 14.4. The molecule has 0 aliphatic heterocycles. The Morgan fingerprint density at radius 1 is 1.22 bits per heavy atom. The fourth-order valence-corrected chi connectivity index (χ4v) is 1.61. The van der Waals surface area contributed by atoms with Crippen LogP contribution in [-0.4, -0.2) is 0 Å². The topological polar surface area (TPSA) is 0 Å². The third-order valence-corrected chi connectivity index (χ3v) is 3.18. The second-order valence-corrected chi connectivity index (χ2v) is 3.64. The molecule has 0 saturated heterocycles. The van der Waals surface area contributed by atoms with E-state index >= 15 is 0 Å². The van der Waals surface area contributed by atoms with Gasteiger partial charge in [0.05, 0.1) is 0 Å². The summed E-state index contributed by atoms with van der Waals surface area (Å²) >= 11 is 0. The normalized spacial score (nSPS) is 20.3. The molecule has 1 rings (SSSR count). The van der Waals surface area contributed by atoms with E-state index in [2.05, 4.69) is 20.8 Å². The van der Waals surface area contributed by atoms with Crippen LogP contribution < -0.4 is 0 Å². The van der Waals surface area contributed by atoms with Crippen LogP contribution in [-0.2, 0) is 0 Å². The number of rotatable bonds is 3. The summed E-state index contributed by atoms with van der Waals surface area (Å²) in [7, 11) is 0. The molecule has 0 heteroatoms. The third kappa shape index (κ3) is 1.28. The van der Waals surface area contributed by atoms with Crippen molar-refractivity contribution < 1.29 is 0 Å². The molecule has 1 saturated carbocycles. The number of hydrogen-bond acceptors (Lipinski definition) is 0. The summed E-state index contributed by atoms with van der Waals surface area (Å²) in [6, 6.07) is 0. The molecular formula is C9H18. The first-order chi connectivity index (χ1) is 4.23. The Bertz CT molecular complexity index is 86.2. The van der Waals surface area contributed by atoms with Crippen molar-refractivity contribution in [3.63, 3.8) is 0 Å². The van der Waals surface area contributed by atoms with E-state index in [4.69, 9.17) is 0 Å². The molecule has 1 fully saturated rings. The Kier molecular flexibility index (Phi) is 1.83. The summed E-state index contributed by atoms with van der Waals surface area (Å²) in [5.74, 6) is 1.08. The molecule has 0 aromatic heterocycles. The van der Waals surface area contributed by atoms with E-state index in [1.807, 2.05) is 0 Å². The lowest BCUT2D eigenvalue weighted by atomic mass is 9.80. The molecule has 0 N–H and O–H groups in total. The first-order valence-electron chi connectivity index (χ1n) is 4.23. The smallest absolute Gasteiger partial charge is 0.0303 e. The molecule has 0 aromatic carbocycles. The number of hydrogen-bond donors (Lipinski definition) is 0. The summed E-state index contributed by atoms with van der Waals surface area (Å²) in [4.78, 5) is 0. The Labute approximate surface area is 58.7 Å². The first kappa shape index (κ1) is 7.11. The summed E-state index contributed by atoms with van der Waals surface area (Å²) in [6.45, 7) is 7.08. The predicted octanol–water partition coefficient (Wildman–Crippen LogP) is 3.22. The van der Waals surface area contributed by atoms with E-state index in [0.29, 0.717) is 5.41 Å².